The van der Waals surface area contributed by atoms with Crippen molar-refractivity contribution in [3.05, 3.63) is 54.1 Å². The summed E-state index contributed by atoms with van der Waals surface area (Å²) in [5.74, 6) is -0.766. The van der Waals surface area contributed by atoms with Crippen LogP contribution in [0.5, 0.6) is 0 Å². The van der Waals surface area contributed by atoms with Gasteiger partial charge in [0.1, 0.15) is 12.6 Å². The molecule has 0 saturated heterocycles. The molecule has 0 bridgehead atoms. The van der Waals surface area contributed by atoms with Crippen LogP contribution in [-0.2, 0) is 14.6 Å². The van der Waals surface area contributed by atoms with Gasteiger partial charge < -0.3 is 5.32 Å². The lowest BCUT2D eigenvalue weighted by molar-refractivity contribution is -0.161. The highest BCUT2D eigenvalue weighted by Crippen LogP contribution is 2.38. The molecule has 0 unspecified atom stereocenters. The first-order valence-electron chi connectivity index (χ1n) is 10.2. The highest BCUT2D eigenvalue weighted by atomic mass is 32.2. The van der Waals surface area contributed by atoms with Crippen LogP contribution >= 0.6 is 0 Å². The topological polar surface area (TPSA) is 99.1 Å². The molecule has 2 N–H and O–H groups in total. The third-order valence-electron chi connectivity index (χ3n) is 4.93. The number of alkyl halides is 3. The number of nitriles is 1. The Morgan fingerprint density at radius 3 is 2.21 bits per heavy atom. The largest absolute Gasteiger partial charge is 0.407 e. The van der Waals surface area contributed by atoms with Crippen molar-refractivity contribution in [1.82, 2.24) is 10.6 Å². The van der Waals surface area contributed by atoms with Gasteiger partial charge in [-0.2, -0.15) is 18.4 Å². The summed E-state index contributed by atoms with van der Waals surface area (Å²) in [6.45, 7) is 3.26. The minimum atomic E-state index is -4.73. The third kappa shape index (κ3) is 7.30. The highest BCUT2D eigenvalue weighted by molar-refractivity contribution is 7.90. The van der Waals surface area contributed by atoms with Crippen molar-refractivity contribution < 1.29 is 26.4 Å². The quantitative estimate of drug-likeness (QED) is 0.528. The van der Waals surface area contributed by atoms with E-state index in [1.807, 2.05) is 0 Å². The van der Waals surface area contributed by atoms with Gasteiger partial charge >= 0.3 is 6.18 Å². The van der Waals surface area contributed by atoms with Gasteiger partial charge in [0, 0.05) is 6.26 Å². The molecule has 2 aromatic rings. The molecule has 2 aromatic carbocycles. The second kappa shape index (κ2) is 10.8. The zero-order chi connectivity index (χ0) is 24.8. The van der Waals surface area contributed by atoms with Crippen molar-refractivity contribution in [1.29, 1.82) is 5.26 Å². The van der Waals surface area contributed by atoms with Gasteiger partial charge in [0.05, 0.1) is 17.0 Å². The average Bonchev–Trinajstić information content (AvgIpc) is 2.73. The second-order valence-corrected chi connectivity index (χ2v) is 10.1. The average molecular weight is 482 g/mol. The summed E-state index contributed by atoms with van der Waals surface area (Å²) in [6, 6.07) is 9.88. The molecule has 0 aliphatic rings. The number of benzene rings is 2. The van der Waals surface area contributed by atoms with Gasteiger partial charge in [0.25, 0.3) is 0 Å². The minimum Gasteiger partial charge on any atom is -0.342 e. The Morgan fingerprint density at radius 2 is 1.70 bits per heavy atom. The van der Waals surface area contributed by atoms with Crippen LogP contribution in [0.15, 0.2) is 53.4 Å². The van der Waals surface area contributed by atoms with Gasteiger partial charge in [-0.1, -0.05) is 50.2 Å². The van der Waals surface area contributed by atoms with Crippen LogP contribution in [0.4, 0.5) is 13.2 Å². The molecule has 2 atom stereocenters. The summed E-state index contributed by atoms with van der Waals surface area (Å²) < 4.78 is 66.1. The minimum absolute atomic E-state index is 0.0559. The molecule has 6 nitrogen and oxygen atoms in total. The normalized spacial score (nSPS) is 13.9. The van der Waals surface area contributed by atoms with Crippen LogP contribution in [0.3, 0.4) is 0 Å². The van der Waals surface area contributed by atoms with Gasteiger partial charge in [-0.05, 0) is 41.2 Å². The maximum absolute atomic E-state index is 14.2. The lowest BCUT2D eigenvalue weighted by atomic mass is 9.93. The number of sulfone groups is 1. The molecule has 1 amide bonds. The first-order chi connectivity index (χ1) is 15.3. The number of hydrogen-bond donors (Lipinski definition) is 2. The van der Waals surface area contributed by atoms with Gasteiger partial charge in [0.2, 0.25) is 5.91 Å². The van der Waals surface area contributed by atoms with Crippen LogP contribution < -0.4 is 10.6 Å². The second-order valence-electron chi connectivity index (χ2n) is 8.08. The molecule has 0 aliphatic carbocycles. The summed E-state index contributed by atoms with van der Waals surface area (Å²) in [5.41, 5.74) is 0.565. The summed E-state index contributed by atoms with van der Waals surface area (Å²) >= 11 is 0. The summed E-state index contributed by atoms with van der Waals surface area (Å²) in [6.07, 6.45) is -3.55. The summed E-state index contributed by atoms with van der Waals surface area (Å²) in [7, 11) is -3.46. The Morgan fingerprint density at radius 1 is 1.09 bits per heavy atom. The summed E-state index contributed by atoms with van der Waals surface area (Å²) in [4.78, 5) is 12.5. The number of hydrogen-bond acceptors (Lipinski definition) is 5. The van der Waals surface area contributed by atoms with Gasteiger partial charge in [-0.25, -0.2) is 8.42 Å². The van der Waals surface area contributed by atoms with Gasteiger partial charge in [-0.15, -0.1) is 0 Å². The van der Waals surface area contributed by atoms with Gasteiger partial charge in [-0.3, -0.25) is 10.1 Å². The van der Waals surface area contributed by atoms with Gasteiger partial charge in [0.15, 0.2) is 9.84 Å². The van der Waals surface area contributed by atoms with E-state index in [9.17, 15) is 26.4 Å². The maximum atomic E-state index is 14.2. The molecular weight excluding hydrogens is 455 g/mol. The van der Waals surface area contributed by atoms with Crippen molar-refractivity contribution in [3.8, 4) is 17.2 Å². The van der Waals surface area contributed by atoms with E-state index in [4.69, 9.17) is 5.26 Å². The predicted molar refractivity (Wildman–Crippen MR) is 119 cm³/mol. The van der Waals surface area contributed by atoms with Crippen molar-refractivity contribution in [2.75, 3.05) is 12.8 Å². The molecule has 178 valence electrons. The molecule has 0 radical (unpaired) electrons. The van der Waals surface area contributed by atoms with E-state index in [-0.39, 0.29) is 34.9 Å². The lowest BCUT2D eigenvalue weighted by Gasteiger charge is -2.29. The Kier molecular flexibility index (Phi) is 8.63. The molecule has 0 spiro atoms. The molecule has 0 fully saturated rings. The predicted octanol–water partition coefficient (Wildman–Crippen LogP) is 4.00. The van der Waals surface area contributed by atoms with E-state index >= 15 is 0 Å². The molecule has 0 saturated carbocycles. The highest BCUT2D eigenvalue weighted by Gasteiger charge is 2.43. The number of carbonyl (C=O) groups excluding carboxylic acids is 1. The zero-order valence-corrected chi connectivity index (χ0v) is 19.3. The van der Waals surface area contributed by atoms with E-state index in [0.717, 1.165) is 6.26 Å². The van der Waals surface area contributed by atoms with Crippen molar-refractivity contribution in [3.63, 3.8) is 0 Å². The van der Waals surface area contributed by atoms with E-state index in [1.54, 1.807) is 26.0 Å². The van der Waals surface area contributed by atoms with Crippen molar-refractivity contribution in [2.45, 2.75) is 43.4 Å². The van der Waals surface area contributed by atoms with E-state index in [2.05, 4.69) is 10.6 Å². The number of halogens is 3. The molecule has 0 heterocycles. The lowest BCUT2D eigenvalue weighted by Crippen LogP contribution is -2.49. The molecule has 10 heteroatoms. The fourth-order valence-electron chi connectivity index (χ4n) is 3.43. The Bertz CT molecular complexity index is 1110. The summed E-state index contributed by atoms with van der Waals surface area (Å²) in [5, 5.41) is 13.5. The van der Waals surface area contributed by atoms with Crippen LogP contribution in [0.2, 0.25) is 0 Å². The van der Waals surface area contributed by atoms with E-state index in [1.165, 1.54) is 42.5 Å². The number of nitrogens with one attached hydrogen (secondary N) is 2. The van der Waals surface area contributed by atoms with Crippen LogP contribution in [0.1, 0.15) is 31.9 Å². The first-order valence-corrected chi connectivity index (χ1v) is 12.1. The number of nitrogens with zero attached hydrogens (tertiary/aromatic N) is 1. The fraction of sp³-hybridized carbons (Fsp3) is 0.391. The molecular formula is C23H26F3N3O3S. The monoisotopic (exact) mass is 481 g/mol. The number of rotatable bonds is 9. The third-order valence-corrected chi connectivity index (χ3v) is 6.05. The SMILES string of the molecule is CC(C)C[C@H](N[C@@H](c1ccccc1-c1ccc(S(C)(=O)=O)cc1)C(F)(F)F)C(=O)NCC#N. The Hall–Kier alpha value is -2.90. The van der Waals surface area contributed by atoms with Crippen LogP contribution in [0.25, 0.3) is 11.1 Å². The van der Waals surface area contributed by atoms with E-state index < -0.39 is 34.0 Å². The molecule has 33 heavy (non-hydrogen) atoms. The zero-order valence-electron chi connectivity index (χ0n) is 18.5. The molecule has 2 rings (SSSR count). The number of amides is 1. The number of carbonyl (C=O) groups is 1. The van der Waals surface area contributed by atoms with E-state index in [0.29, 0.717) is 5.56 Å². The Labute approximate surface area is 191 Å². The Balaban J connectivity index is 2.51. The van der Waals surface area contributed by atoms with Crippen molar-refractivity contribution in [2.24, 2.45) is 5.92 Å². The maximum Gasteiger partial charge on any atom is 0.407 e. The van der Waals surface area contributed by atoms with Crippen molar-refractivity contribution >= 4 is 15.7 Å². The van der Waals surface area contributed by atoms with Crippen LogP contribution in [0, 0.1) is 17.2 Å². The molecule has 0 aromatic heterocycles. The molecule has 0 aliphatic heterocycles. The smallest absolute Gasteiger partial charge is 0.342 e. The standard InChI is InChI=1S/C23H26F3N3O3S/c1-15(2)14-20(22(30)28-13-12-27)29-21(23(24,25)26)19-7-5-4-6-18(19)16-8-10-17(11-9-16)33(3,31)32/h4-11,15,20-21,29H,13-14H2,1-3H3,(H,28,30)/t20-,21-/m0/s1. The van der Waals surface area contributed by atoms with Crippen LogP contribution in [-0.4, -0.2) is 39.3 Å². The first kappa shape index (κ1) is 26.4. The fourth-order valence-corrected chi connectivity index (χ4v) is 4.06.